The monoisotopic (exact) mass is 315 g/mol. The first kappa shape index (κ1) is 16.1. The van der Waals surface area contributed by atoms with Crippen molar-refractivity contribution in [3.8, 4) is 0 Å². The molecule has 0 aliphatic carbocycles. The zero-order valence-corrected chi connectivity index (χ0v) is 13.7. The van der Waals surface area contributed by atoms with Gasteiger partial charge in [0.1, 0.15) is 0 Å². The Hall–Kier alpha value is -0.320. The summed E-state index contributed by atoms with van der Waals surface area (Å²) in [6.45, 7) is 2.63. The number of likely N-dealkylation sites (N-methyl/N-ethyl adjacent to an activating group) is 1. The van der Waals surface area contributed by atoms with Crippen molar-refractivity contribution >= 4 is 23.2 Å². The fourth-order valence-electron chi connectivity index (χ4n) is 3.13. The van der Waals surface area contributed by atoms with Crippen LogP contribution >= 0.6 is 23.2 Å². The van der Waals surface area contributed by atoms with Crippen LogP contribution in [0.15, 0.2) is 18.2 Å². The average Bonchev–Trinajstić information content (AvgIpc) is 2.81. The summed E-state index contributed by atoms with van der Waals surface area (Å²) in [4.78, 5) is 4.69. The minimum Gasteiger partial charge on any atom is -0.329 e. The number of nitrogens with two attached hydrogens (primary N) is 1. The van der Waals surface area contributed by atoms with Crippen LogP contribution in [0.5, 0.6) is 0 Å². The smallest absolute Gasteiger partial charge is 0.0503 e. The van der Waals surface area contributed by atoms with Crippen molar-refractivity contribution in [3.05, 3.63) is 33.8 Å². The van der Waals surface area contributed by atoms with Crippen molar-refractivity contribution in [2.45, 2.75) is 24.9 Å². The van der Waals surface area contributed by atoms with Gasteiger partial charge >= 0.3 is 0 Å². The summed E-state index contributed by atoms with van der Waals surface area (Å²) in [5.41, 5.74) is 7.02. The molecular weight excluding hydrogens is 293 g/mol. The lowest BCUT2D eigenvalue weighted by molar-refractivity contribution is 0.156. The normalized spacial score (nSPS) is 21.6. The van der Waals surface area contributed by atoms with E-state index < -0.39 is 0 Å². The van der Waals surface area contributed by atoms with Crippen molar-refractivity contribution < 1.29 is 0 Å². The maximum absolute atomic E-state index is 6.36. The molecule has 2 unspecified atom stereocenters. The van der Waals surface area contributed by atoms with Gasteiger partial charge in [0.2, 0.25) is 0 Å². The Kier molecular flexibility index (Phi) is 5.70. The molecule has 1 heterocycles. The summed E-state index contributed by atoms with van der Waals surface area (Å²) < 4.78 is 0. The van der Waals surface area contributed by atoms with Crippen molar-refractivity contribution in [1.29, 1.82) is 0 Å². The van der Waals surface area contributed by atoms with Gasteiger partial charge in [0.05, 0.1) is 6.04 Å². The minimum atomic E-state index is 0.101. The van der Waals surface area contributed by atoms with Gasteiger partial charge in [-0.25, -0.2) is 0 Å². The fraction of sp³-hybridized carbons (Fsp3) is 0.600. The van der Waals surface area contributed by atoms with E-state index >= 15 is 0 Å². The van der Waals surface area contributed by atoms with E-state index in [9.17, 15) is 0 Å². The van der Waals surface area contributed by atoms with Crippen molar-refractivity contribution in [1.82, 2.24) is 9.80 Å². The third-order valence-corrected chi connectivity index (χ3v) is 4.61. The van der Waals surface area contributed by atoms with E-state index in [1.54, 1.807) is 0 Å². The number of rotatable bonds is 5. The molecule has 0 aromatic heterocycles. The molecule has 1 aromatic carbocycles. The van der Waals surface area contributed by atoms with Gasteiger partial charge < -0.3 is 10.6 Å². The topological polar surface area (TPSA) is 32.5 Å². The molecule has 1 fully saturated rings. The Labute approximate surface area is 131 Å². The molecule has 20 heavy (non-hydrogen) atoms. The third kappa shape index (κ3) is 3.46. The molecule has 112 valence electrons. The highest BCUT2D eigenvalue weighted by molar-refractivity contribution is 6.36. The predicted molar refractivity (Wildman–Crippen MR) is 86.5 cm³/mol. The molecule has 0 bridgehead atoms. The van der Waals surface area contributed by atoms with Crippen LogP contribution in [0.4, 0.5) is 0 Å². The first-order valence-corrected chi connectivity index (χ1v) is 7.84. The quantitative estimate of drug-likeness (QED) is 0.906. The standard InChI is InChI=1S/C15H23Cl2N3/c1-19(2)10-11-5-4-8-20(11)14(9-18)15-12(16)6-3-7-13(15)17/h3,6-7,11,14H,4-5,8-10,18H2,1-2H3. The molecule has 0 amide bonds. The first-order chi connectivity index (χ1) is 9.54. The highest BCUT2D eigenvalue weighted by Crippen LogP contribution is 2.36. The molecule has 2 rings (SSSR count). The van der Waals surface area contributed by atoms with E-state index in [0.29, 0.717) is 22.6 Å². The largest absolute Gasteiger partial charge is 0.329 e. The number of hydrogen-bond donors (Lipinski definition) is 1. The highest BCUT2D eigenvalue weighted by atomic mass is 35.5. The van der Waals surface area contributed by atoms with Crippen LogP contribution in [-0.4, -0.2) is 49.6 Å². The zero-order chi connectivity index (χ0) is 14.7. The molecule has 1 aliphatic heterocycles. The summed E-state index contributed by atoms with van der Waals surface area (Å²) in [6.07, 6.45) is 2.41. The Morgan fingerprint density at radius 2 is 2.00 bits per heavy atom. The number of hydrogen-bond acceptors (Lipinski definition) is 3. The molecule has 0 radical (unpaired) electrons. The van der Waals surface area contributed by atoms with E-state index in [4.69, 9.17) is 28.9 Å². The molecule has 1 aromatic rings. The summed E-state index contributed by atoms with van der Waals surface area (Å²) in [5.74, 6) is 0. The Balaban J connectivity index is 2.27. The second kappa shape index (κ2) is 7.10. The lowest BCUT2D eigenvalue weighted by Gasteiger charge is -2.34. The molecule has 1 saturated heterocycles. The second-order valence-corrected chi connectivity index (χ2v) is 6.50. The van der Waals surface area contributed by atoms with E-state index in [0.717, 1.165) is 18.7 Å². The molecule has 0 spiro atoms. The predicted octanol–water partition coefficient (Wildman–Crippen LogP) is 3.02. The van der Waals surface area contributed by atoms with Crippen LogP contribution in [0.3, 0.4) is 0 Å². The van der Waals surface area contributed by atoms with E-state index in [1.807, 2.05) is 18.2 Å². The Morgan fingerprint density at radius 1 is 1.35 bits per heavy atom. The number of halogens is 2. The first-order valence-electron chi connectivity index (χ1n) is 7.09. The minimum absolute atomic E-state index is 0.101. The number of benzene rings is 1. The molecular formula is C15H23Cl2N3. The van der Waals surface area contributed by atoms with Crippen molar-refractivity contribution in [3.63, 3.8) is 0 Å². The summed E-state index contributed by atoms with van der Waals surface area (Å²) in [6, 6.07) is 6.28. The van der Waals surface area contributed by atoms with Gasteiger partial charge in [-0.3, -0.25) is 4.90 Å². The van der Waals surface area contributed by atoms with Gasteiger partial charge in [0.15, 0.2) is 0 Å². The highest BCUT2D eigenvalue weighted by Gasteiger charge is 2.32. The van der Waals surface area contributed by atoms with E-state index in [-0.39, 0.29) is 6.04 Å². The summed E-state index contributed by atoms with van der Waals surface area (Å²) in [5, 5.41) is 1.42. The van der Waals surface area contributed by atoms with Crippen LogP contribution in [0.2, 0.25) is 10.0 Å². The number of likely N-dealkylation sites (tertiary alicyclic amines) is 1. The lowest BCUT2D eigenvalue weighted by atomic mass is 10.0. The van der Waals surface area contributed by atoms with Crippen molar-refractivity contribution in [2.75, 3.05) is 33.7 Å². The Bertz CT molecular complexity index is 430. The third-order valence-electron chi connectivity index (χ3n) is 3.96. The van der Waals surface area contributed by atoms with Gasteiger partial charge in [0.25, 0.3) is 0 Å². The zero-order valence-electron chi connectivity index (χ0n) is 12.1. The maximum Gasteiger partial charge on any atom is 0.0503 e. The summed E-state index contributed by atoms with van der Waals surface area (Å²) >= 11 is 12.7. The van der Waals surface area contributed by atoms with Crippen LogP contribution in [-0.2, 0) is 0 Å². The molecule has 2 N–H and O–H groups in total. The van der Waals surface area contributed by atoms with Gasteiger partial charge in [-0.15, -0.1) is 0 Å². The van der Waals surface area contributed by atoms with Crippen LogP contribution < -0.4 is 5.73 Å². The van der Waals surface area contributed by atoms with Crippen LogP contribution in [0.25, 0.3) is 0 Å². The molecule has 0 saturated carbocycles. The Morgan fingerprint density at radius 3 is 2.55 bits per heavy atom. The average molecular weight is 316 g/mol. The van der Waals surface area contributed by atoms with Crippen molar-refractivity contribution in [2.24, 2.45) is 5.73 Å². The van der Waals surface area contributed by atoms with Crippen LogP contribution in [0, 0.1) is 0 Å². The molecule has 2 atom stereocenters. The second-order valence-electron chi connectivity index (χ2n) is 5.68. The molecule has 5 heteroatoms. The van der Waals surface area contributed by atoms with E-state index in [2.05, 4.69) is 23.9 Å². The van der Waals surface area contributed by atoms with Gasteiger partial charge in [-0.05, 0) is 45.6 Å². The van der Waals surface area contributed by atoms with Crippen LogP contribution in [0.1, 0.15) is 24.4 Å². The maximum atomic E-state index is 6.36. The van der Waals surface area contributed by atoms with Gasteiger partial charge in [0, 0.05) is 34.7 Å². The lowest BCUT2D eigenvalue weighted by Crippen LogP contribution is -2.42. The van der Waals surface area contributed by atoms with Gasteiger partial charge in [-0.2, -0.15) is 0 Å². The van der Waals surface area contributed by atoms with E-state index in [1.165, 1.54) is 12.8 Å². The summed E-state index contributed by atoms with van der Waals surface area (Å²) in [7, 11) is 4.22. The fourth-order valence-corrected chi connectivity index (χ4v) is 3.78. The molecule has 3 nitrogen and oxygen atoms in total. The van der Waals surface area contributed by atoms with Gasteiger partial charge in [-0.1, -0.05) is 29.3 Å². The number of nitrogens with zero attached hydrogens (tertiary/aromatic N) is 2. The SMILES string of the molecule is CN(C)CC1CCCN1C(CN)c1c(Cl)cccc1Cl. The molecule has 1 aliphatic rings.